The molecule has 0 bridgehead atoms. The Bertz CT molecular complexity index is 486. The number of ether oxygens (including phenoxy) is 6. The minimum Gasteiger partial charge on any atom is -0.462 e. The molecular formula is C16H26O8. The van der Waals surface area contributed by atoms with Crippen LogP contribution in [0.5, 0.6) is 0 Å². The molecule has 0 aromatic carbocycles. The van der Waals surface area contributed by atoms with Crippen molar-refractivity contribution in [2.45, 2.75) is 77.5 Å². The van der Waals surface area contributed by atoms with Gasteiger partial charge >= 0.3 is 11.9 Å². The Labute approximate surface area is 141 Å². The van der Waals surface area contributed by atoms with Crippen molar-refractivity contribution in [3.8, 4) is 0 Å². The van der Waals surface area contributed by atoms with Gasteiger partial charge < -0.3 is 28.4 Å². The second-order valence-corrected chi connectivity index (χ2v) is 6.88. The molecule has 2 aliphatic heterocycles. The molecule has 0 aliphatic carbocycles. The van der Waals surface area contributed by atoms with E-state index < -0.39 is 41.8 Å². The lowest BCUT2D eigenvalue weighted by molar-refractivity contribution is -0.179. The molecule has 4 unspecified atom stereocenters. The highest BCUT2D eigenvalue weighted by atomic mass is 16.8. The molecule has 2 rings (SSSR count). The van der Waals surface area contributed by atoms with Crippen LogP contribution in [0.4, 0.5) is 0 Å². The molecule has 138 valence electrons. The zero-order chi connectivity index (χ0) is 18.1. The maximum absolute atomic E-state index is 11.4. The minimum absolute atomic E-state index is 0.119. The molecule has 0 aromatic rings. The van der Waals surface area contributed by atoms with E-state index in [1.165, 1.54) is 13.8 Å². The standard InChI is InChI=1S/C16H26O8/c1-9(17)19-7-11(21-10(2)18)13-14(24-16(5,6)23-13)12-8-20-15(3,4)22-12/h11-14H,7-8H2,1-6H3. The lowest BCUT2D eigenvalue weighted by Crippen LogP contribution is -2.47. The first-order chi connectivity index (χ1) is 11.0. The Morgan fingerprint density at radius 1 is 1.04 bits per heavy atom. The summed E-state index contributed by atoms with van der Waals surface area (Å²) in [6.45, 7) is 9.93. The third kappa shape index (κ3) is 4.89. The van der Waals surface area contributed by atoms with Gasteiger partial charge in [-0.1, -0.05) is 0 Å². The van der Waals surface area contributed by atoms with Gasteiger partial charge in [0.2, 0.25) is 0 Å². The first kappa shape index (κ1) is 19.1. The quantitative estimate of drug-likeness (QED) is 0.685. The Morgan fingerprint density at radius 3 is 2.21 bits per heavy atom. The van der Waals surface area contributed by atoms with E-state index in [1.54, 1.807) is 13.8 Å². The molecule has 2 fully saturated rings. The van der Waals surface area contributed by atoms with E-state index in [1.807, 2.05) is 13.8 Å². The van der Waals surface area contributed by atoms with Gasteiger partial charge in [-0.05, 0) is 27.7 Å². The minimum atomic E-state index is -0.889. The smallest absolute Gasteiger partial charge is 0.303 e. The zero-order valence-corrected chi connectivity index (χ0v) is 15.0. The fourth-order valence-corrected chi connectivity index (χ4v) is 2.88. The summed E-state index contributed by atoms with van der Waals surface area (Å²) in [4.78, 5) is 22.6. The lowest BCUT2D eigenvalue weighted by atomic mass is 10.0. The van der Waals surface area contributed by atoms with Gasteiger partial charge in [-0.3, -0.25) is 9.59 Å². The summed E-state index contributed by atoms with van der Waals surface area (Å²) in [5.74, 6) is -2.58. The molecule has 24 heavy (non-hydrogen) atoms. The average molecular weight is 346 g/mol. The van der Waals surface area contributed by atoms with Gasteiger partial charge in [0.1, 0.15) is 24.9 Å². The van der Waals surface area contributed by atoms with E-state index in [-0.39, 0.29) is 12.7 Å². The van der Waals surface area contributed by atoms with Gasteiger partial charge in [-0.2, -0.15) is 0 Å². The predicted molar refractivity (Wildman–Crippen MR) is 80.9 cm³/mol. The maximum atomic E-state index is 11.4. The number of carbonyl (C=O) groups is 2. The highest BCUT2D eigenvalue weighted by molar-refractivity contribution is 5.67. The molecule has 0 aromatic heterocycles. The van der Waals surface area contributed by atoms with Gasteiger partial charge in [-0.25, -0.2) is 0 Å². The molecule has 8 nitrogen and oxygen atoms in total. The summed E-state index contributed by atoms with van der Waals surface area (Å²) in [6.07, 6.45) is -2.36. The fourth-order valence-electron chi connectivity index (χ4n) is 2.88. The Kier molecular flexibility index (Phi) is 5.54. The molecule has 8 heteroatoms. The van der Waals surface area contributed by atoms with Crippen LogP contribution in [0.15, 0.2) is 0 Å². The van der Waals surface area contributed by atoms with Crippen molar-refractivity contribution in [2.75, 3.05) is 13.2 Å². The monoisotopic (exact) mass is 346 g/mol. The van der Waals surface area contributed by atoms with Crippen molar-refractivity contribution >= 4 is 11.9 Å². The highest BCUT2D eigenvalue weighted by Gasteiger charge is 2.53. The van der Waals surface area contributed by atoms with Crippen LogP contribution in [0.25, 0.3) is 0 Å². The third-order valence-electron chi connectivity index (χ3n) is 3.70. The van der Waals surface area contributed by atoms with Crippen LogP contribution in [0.1, 0.15) is 41.5 Å². The first-order valence-corrected chi connectivity index (χ1v) is 7.97. The van der Waals surface area contributed by atoms with Crippen molar-refractivity contribution in [1.29, 1.82) is 0 Å². The molecule has 2 saturated heterocycles. The summed E-state index contributed by atoms with van der Waals surface area (Å²) in [5, 5.41) is 0. The molecular weight excluding hydrogens is 320 g/mol. The van der Waals surface area contributed by atoms with Crippen molar-refractivity contribution in [3.63, 3.8) is 0 Å². The topological polar surface area (TPSA) is 89.5 Å². The van der Waals surface area contributed by atoms with Crippen LogP contribution in [0.2, 0.25) is 0 Å². The van der Waals surface area contributed by atoms with E-state index in [9.17, 15) is 9.59 Å². The Morgan fingerprint density at radius 2 is 1.71 bits per heavy atom. The summed E-state index contributed by atoms with van der Waals surface area (Å²) >= 11 is 0. The summed E-state index contributed by atoms with van der Waals surface area (Å²) in [5.41, 5.74) is 0. The van der Waals surface area contributed by atoms with Gasteiger partial charge in [0.15, 0.2) is 17.7 Å². The largest absolute Gasteiger partial charge is 0.462 e. The Balaban J connectivity index is 2.17. The highest BCUT2D eigenvalue weighted by Crippen LogP contribution is 2.37. The normalized spacial score (nSPS) is 32.3. The van der Waals surface area contributed by atoms with Crippen molar-refractivity contribution in [1.82, 2.24) is 0 Å². The van der Waals surface area contributed by atoms with Crippen molar-refractivity contribution in [2.24, 2.45) is 0 Å². The molecule has 0 spiro atoms. The van der Waals surface area contributed by atoms with Gasteiger partial charge in [0.25, 0.3) is 0 Å². The molecule has 2 aliphatic rings. The summed E-state index contributed by atoms with van der Waals surface area (Å²) in [6, 6.07) is 0. The number of hydrogen-bond acceptors (Lipinski definition) is 8. The van der Waals surface area contributed by atoms with E-state index >= 15 is 0 Å². The van der Waals surface area contributed by atoms with Crippen LogP contribution in [-0.2, 0) is 38.0 Å². The molecule has 0 saturated carbocycles. The second-order valence-electron chi connectivity index (χ2n) is 6.88. The molecule has 2 heterocycles. The average Bonchev–Trinajstić information content (AvgIpc) is 2.93. The van der Waals surface area contributed by atoms with Gasteiger partial charge in [0.05, 0.1) is 6.61 Å². The number of hydrogen-bond donors (Lipinski definition) is 0. The number of esters is 2. The summed E-state index contributed by atoms with van der Waals surface area (Å²) in [7, 11) is 0. The van der Waals surface area contributed by atoms with Crippen molar-refractivity contribution in [3.05, 3.63) is 0 Å². The molecule has 0 N–H and O–H groups in total. The molecule has 0 radical (unpaired) electrons. The van der Waals surface area contributed by atoms with E-state index in [2.05, 4.69) is 0 Å². The van der Waals surface area contributed by atoms with Crippen LogP contribution in [0.3, 0.4) is 0 Å². The molecule has 0 amide bonds. The SMILES string of the molecule is CC(=O)OCC(OC(C)=O)C1OC(C)(C)OC1C1COC(C)(C)O1. The van der Waals surface area contributed by atoms with Gasteiger partial charge in [0, 0.05) is 13.8 Å². The second kappa shape index (κ2) is 6.95. The number of rotatable bonds is 5. The van der Waals surface area contributed by atoms with Crippen molar-refractivity contribution < 1.29 is 38.0 Å². The number of carbonyl (C=O) groups excluding carboxylic acids is 2. The zero-order valence-electron chi connectivity index (χ0n) is 15.0. The van der Waals surface area contributed by atoms with E-state index in [4.69, 9.17) is 28.4 Å². The van der Waals surface area contributed by atoms with Crippen LogP contribution in [-0.4, -0.2) is 61.1 Å². The predicted octanol–water partition coefficient (Wildman–Crippen LogP) is 1.15. The maximum Gasteiger partial charge on any atom is 0.303 e. The third-order valence-corrected chi connectivity index (χ3v) is 3.70. The Hall–Kier alpha value is -1.22. The van der Waals surface area contributed by atoms with Crippen LogP contribution in [0, 0.1) is 0 Å². The fraction of sp³-hybridized carbons (Fsp3) is 0.875. The van der Waals surface area contributed by atoms with E-state index in [0.717, 1.165) is 0 Å². The van der Waals surface area contributed by atoms with Crippen LogP contribution >= 0.6 is 0 Å². The van der Waals surface area contributed by atoms with Gasteiger partial charge in [-0.15, -0.1) is 0 Å². The first-order valence-electron chi connectivity index (χ1n) is 7.97. The van der Waals surface area contributed by atoms with Crippen LogP contribution < -0.4 is 0 Å². The molecule has 4 atom stereocenters. The lowest BCUT2D eigenvalue weighted by Gasteiger charge is -2.28. The summed E-state index contributed by atoms with van der Waals surface area (Å²) < 4.78 is 33.6. The van der Waals surface area contributed by atoms with E-state index in [0.29, 0.717) is 6.61 Å².